The number of hydrogen-bond donors (Lipinski definition) is 2. The second kappa shape index (κ2) is 4.85. The highest BCUT2D eigenvalue weighted by Gasteiger charge is 2.27. The fourth-order valence-corrected chi connectivity index (χ4v) is 2.63. The van der Waals surface area contributed by atoms with Gasteiger partial charge in [-0.05, 0) is 28.4 Å². The summed E-state index contributed by atoms with van der Waals surface area (Å²) in [5, 5.41) is 5.64. The highest BCUT2D eigenvalue weighted by Crippen LogP contribution is 2.27. The van der Waals surface area contributed by atoms with Crippen molar-refractivity contribution in [2.75, 3.05) is 22.6 Å². The van der Waals surface area contributed by atoms with Crippen LogP contribution in [0.15, 0.2) is 16.7 Å². The van der Waals surface area contributed by atoms with E-state index in [2.05, 4.69) is 31.5 Å². The molecule has 0 bridgehead atoms. The minimum Gasteiger partial charge on any atom is -0.357 e. The zero-order valence-corrected chi connectivity index (χ0v) is 12.0. The molecule has 8 heteroatoms. The van der Waals surface area contributed by atoms with E-state index < -0.39 is 15.9 Å². The summed E-state index contributed by atoms with van der Waals surface area (Å²) < 4.78 is 22.9. The minimum atomic E-state index is -3.08. The molecule has 98 valence electrons. The first-order chi connectivity index (χ1) is 8.35. The van der Waals surface area contributed by atoms with Gasteiger partial charge in [0.05, 0.1) is 11.4 Å². The number of nitrogens with zero attached hydrogens (tertiary/aromatic N) is 1. The summed E-state index contributed by atoms with van der Waals surface area (Å²) in [5.74, 6) is 0.270. The molecular weight excluding hydrogens is 322 g/mol. The molecule has 1 aromatic heterocycles. The standard InChI is InChI=1S/C10H12BrN3O3S/c1-18(16,17)3-2-7-10(15)14-8-4-6(11)5-12-9(8)13-7/h4-5,7H,2-3H2,1H3,(H,12,13)(H,14,15). The van der Waals surface area contributed by atoms with Crippen molar-refractivity contribution in [3.63, 3.8) is 0 Å². The predicted molar refractivity (Wildman–Crippen MR) is 72.3 cm³/mol. The topological polar surface area (TPSA) is 88.2 Å². The number of nitrogens with one attached hydrogen (secondary N) is 2. The van der Waals surface area contributed by atoms with Crippen LogP contribution in [0, 0.1) is 0 Å². The lowest BCUT2D eigenvalue weighted by Crippen LogP contribution is -2.40. The molecule has 0 saturated carbocycles. The number of fused-ring (bicyclic) bond motifs is 1. The summed E-state index contributed by atoms with van der Waals surface area (Å²) in [6.45, 7) is 0. The Hall–Kier alpha value is -1.15. The van der Waals surface area contributed by atoms with Crippen molar-refractivity contribution in [3.8, 4) is 0 Å². The summed E-state index contributed by atoms with van der Waals surface area (Å²) in [7, 11) is -3.08. The van der Waals surface area contributed by atoms with E-state index in [1.54, 1.807) is 12.3 Å². The van der Waals surface area contributed by atoms with Crippen molar-refractivity contribution in [1.29, 1.82) is 0 Å². The van der Waals surface area contributed by atoms with Crippen LogP contribution in [0.5, 0.6) is 0 Å². The molecule has 1 unspecified atom stereocenters. The van der Waals surface area contributed by atoms with E-state index in [-0.39, 0.29) is 18.1 Å². The van der Waals surface area contributed by atoms with E-state index in [0.29, 0.717) is 11.5 Å². The van der Waals surface area contributed by atoms with Crippen LogP contribution in [-0.2, 0) is 14.6 Å². The Morgan fingerprint density at radius 3 is 2.89 bits per heavy atom. The quantitative estimate of drug-likeness (QED) is 0.861. The first kappa shape index (κ1) is 13.3. The van der Waals surface area contributed by atoms with Gasteiger partial charge in [0.15, 0.2) is 5.82 Å². The molecule has 0 aromatic carbocycles. The molecule has 0 saturated heterocycles. The number of sulfone groups is 1. The lowest BCUT2D eigenvalue weighted by molar-refractivity contribution is -0.117. The van der Waals surface area contributed by atoms with E-state index in [4.69, 9.17) is 0 Å². The molecule has 0 spiro atoms. The third-order valence-electron chi connectivity index (χ3n) is 2.52. The molecule has 6 nitrogen and oxygen atoms in total. The first-order valence-corrected chi connectivity index (χ1v) is 8.11. The van der Waals surface area contributed by atoms with Gasteiger partial charge in [0.25, 0.3) is 0 Å². The lowest BCUT2D eigenvalue weighted by Gasteiger charge is -2.25. The maximum atomic E-state index is 11.8. The van der Waals surface area contributed by atoms with Crippen LogP contribution in [-0.4, -0.2) is 37.4 Å². The fraction of sp³-hybridized carbons (Fsp3) is 0.400. The van der Waals surface area contributed by atoms with Crippen molar-refractivity contribution in [3.05, 3.63) is 16.7 Å². The number of pyridine rings is 1. The number of rotatable bonds is 3. The van der Waals surface area contributed by atoms with Gasteiger partial charge in [-0.15, -0.1) is 0 Å². The van der Waals surface area contributed by atoms with Gasteiger partial charge in [-0.1, -0.05) is 0 Å². The largest absolute Gasteiger partial charge is 0.357 e. The monoisotopic (exact) mass is 333 g/mol. The number of anilines is 2. The van der Waals surface area contributed by atoms with Crippen LogP contribution in [0.1, 0.15) is 6.42 Å². The summed E-state index contributed by atoms with van der Waals surface area (Å²) in [6.07, 6.45) is 2.98. The Bertz CT molecular complexity index is 588. The van der Waals surface area contributed by atoms with E-state index >= 15 is 0 Å². The highest BCUT2D eigenvalue weighted by atomic mass is 79.9. The molecular formula is C10H12BrN3O3S. The maximum Gasteiger partial charge on any atom is 0.247 e. The van der Waals surface area contributed by atoms with Crippen molar-refractivity contribution in [2.45, 2.75) is 12.5 Å². The summed E-state index contributed by atoms with van der Waals surface area (Å²) in [5.41, 5.74) is 0.588. The minimum absolute atomic E-state index is 0.0377. The number of carbonyl (C=O) groups excluding carboxylic acids is 1. The molecule has 0 radical (unpaired) electrons. The lowest BCUT2D eigenvalue weighted by atomic mass is 10.1. The van der Waals surface area contributed by atoms with Crippen LogP contribution in [0.4, 0.5) is 11.5 Å². The van der Waals surface area contributed by atoms with Gasteiger partial charge in [0.1, 0.15) is 15.9 Å². The van der Waals surface area contributed by atoms with Crippen LogP contribution in [0.25, 0.3) is 0 Å². The van der Waals surface area contributed by atoms with Crippen LogP contribution in [0.2, 0.25) is 0 Å². The van der Waals surface area contributed by atoms with Gasteiger partial charge in [-0.2, -0.15) is 0 Å². The predicted octanol–water partition coefficient (Wildman–Crippen LogP) is 1.01. The molecule has 1 atom stereocenters. The number of hydrogen-bond acceptors (Lipinski definition) is 5. The molecule has 2 heterocycles. The van der Waals surface area contributed by atoms with Crippen molar-refractivity contribution in [1.82, 2.24) is 4.98 Å². The summed E-state index contributed by atoms with van der Waals surface area (Å²) in [4.78, 5) is 15.9. The molecule has 2 N–H and O–H groups in total. The van der Waals surface area contributed by atoms with Crippen molar-refractivity contribution < 1.29 is 13.2 Å². The molecule has 1 aliphatic heterocycles. The Kier molecular flexibility index (Phi) is 3.58. The van der Waals surface area contributed by atoms with Crippen LogP contribution >= 0.6 is 15.9 Å². The molecule has 1 aromatic rings. The molecule has 18 heavy (non-hydrogen) atoms. The van der Waals surface area contributed by atoms with Gasteiger partial charge >= 0.3 is 0 Å². The van der Waals surface area contributed by atoms with Gasteiger partial charge in [0.2, 0.25) is 5.91 Å². The fourth-order valence-electron chi connectivity index (χ4n) is 1.64. The second-order valence-electron chi connectivity index (χ2n) is 4.15. The zero-order chi connectivity index (χ0) is 13.3. The van der Waals surface area contributed by atoms with E-state index in [9.17, 15) is 13.2 Å². The Balaban J connectivity index is 2.13. The molecule has 0 aliphatic carbocycles. The second-order valence-corrected chi connectivity index (χ2v) is 7.33. The SMILES string of the molecule is CS(=O)(=O)CCC1Nc2ncc(Br)cc2NC1=O. The van der Waals surface area contributed by atoms with E-state index in [1.807, 2.05) is 0 Å². The van der Waals surface area contributed by atoms with Gasteiger partial charge in [-0.3, -0.25) is 4.79 Å². The molecule has 2 rings (SSSR count). The third kappa shape index (κ3) is 3.20. The Labute approximate surface area is 113 Å². The van der Waals surface area contributed by atoms with Gasteiger partial charge in [0, 0.05) is 16.9 Å². The summed E-state index contributed by atoms with van der Waals surface area (Å²) in [6, 6.07) is 1.17. The van der Waals surface area contributed by atoms with Crippen LogP contribution in [0.3, 0.4) is 0 Å². The van der Waals surface area contributed by atoms with Crippen molar-refractivity contribution in [2.24, 2.45) is 0 Å². The highest BCUT2D eigenvalue weighted by molar-refractivity contribution is 9.10. The number of carbonyl (C=O) groups is 1. The van der Waals surface area contributed by atoms with Crippen LogP contribution < -0.4 is 10.6 Å². The zero-order valence-electron chi connectivity index (χ0n) is 9.60. The third-order valence-corrected chi connectivity index (χ3v) is 3.93. The molecule has 1 aliphatic rings. The smallest absolute Gasteiger partial charge is 0.247 e. The maximum absolute atomic E-state index is 11.8. The summed E-state index contributed by atoms with van der Waals surface area (Å²) >= 11 is 3.26. The van der Waals surface area contributed by atoms with Crippen molar-refractivity contribution >= 4 is 43.2 Å². The number of aromatic nitrogens is 1. The number of halogens is 1. The Morgan fingerprint density at radius 1 is 1.50 bits per heavy atom. The van der Waals surface area contributed by atoms with Gasteiger partial charge in [-0.25, -0.2) is 13.4 Å². The normalized spacial score (nSPS) is 18.8. The first-order valence-electron chi connectivity index (χ1n) is 5.26. The molecule has 0 fully saturated rings. The van der Waals surface area contributed by atoms with E-state index in [0.717, 1.165) is 10.7 Å². The molecule has 1 amide bonds. The number of amides is 1. The Morgan fingerprint density at radius 2 is 2.22 bits per heavy atom. The van der Waals surface area contributed by atoms with Gasteiger partial charge < -0.3 is 10.6 Å². The average molecular weight is 334 g/mol. The van der Waals surface area contributed by atoms with E-state index in [1.165, 1.54) is 0 Å². The average Bonchev–Trinajstić information content (AvgIpc) is 2.25.